The smallest absolute Gasteiger partial charge is 0.238 e. The van der Waals surface area contributed by atoms with Gasteiger partial charge in [0.1, 0.15) is 0 Å². The van der Waals surface area contributed by atoms with Gasteiger partial charge in [0, 0.05) is 11.3 Å². The Balaban J connectivity index is 1.36. The Hall–Kier alpha value is -4.88. The fourth-order valence-corrected chi connectivity index (χ4v) is 7.45. The lowest BCUT2D eigenvalue weighted by atomic mass is 9.45. The zero-order chi connectivity index (χ0) is 29.5. The van der Waals surface area contributed by atoms with Gasteiger partial charge in [0.15, 0.2) is 0 Å². The zero-order valence-corrected chi connectivity index (χ0v) is 21.7. The summed E-state index contributed by atoms with van der Waals surface area (Å²) in [7, 11) is 0. The highest BCUT2D eigenvalue weighted by molar-refractivity contribution is 6.27. The van der Waals surface area contributed by atoms with Crippen molar-refractivity contribution < 1.29 is 29.6 Å². The van der Waals surface area contributed by atoms with Crippen LogP contribution in [0.1, 0.15) is 5.56 Å². The highest BCUT2D eigenvalue weighted by Gasteiger charge is 2.75. The van der Waals surface area contributed by atoms with Gasteiger partial charge in [0.2, 0.25) is 23.6 Å². The number of carbonyl (C=O) groups is 4. The number of allylic oxidation sites excluding steroid dienone is 2. The molecule has 2 saturated heterocycles. The number of hydrogen-bond acceptors (Lipinski definition) is 10. The van der Waals surface area contributed by atoms with Gasteiger partial charge in [-0.1, -0.05) is 42.5 Å². The Labute approximate surface area is 238 Å². The van der Waals surface area contributed by atoms with Gasteiger partial charge in [0.05, 0.1) is 46.4 Å². The second-order valence-corrected chi connectivity index (χ2v) is 10.8. The lowest BCUT2D eigenvalue weighted by Crippen LogP contribution is -2.60. The molecule has 3 aliphatic carbocycles. The van der Waals surface area contributed by atoms with Crippen LogP contribution in [0.2, 0.25) is 0 Å². The van der Waals surface area contributed by atoms with Crippen molar-refractivity contribution in [3.05, 3.63) is 107 Å². The van der Waals surface area contributed by atoms with Crippen molar-refractivity contribution >= 4 is 46.4 Å². The Morgan fingerprint density at radius 2 is 1.05 bits per heavy atom. The number of benzene rings is 3. The van der Waals surface area contributed by atoms with Crippen LogP contribution in [0.25, 0.3) is 0 Å². The van der Waals surface area contributed by atoms with Crippen molar-refractivity contribution in [1.82, 2.24) is 0 Å². The van der Waals surface area contributed by atoms with E-state index >= 15 is 0 Å². The van der Waals surface area contributed by atoms with Crippen LogP contribution in [0.5, 0.6) is 0 Å². The fourth-order valence-electron chi connectivity index (χ4n) is 7.45. The molecule has 2 bridgehead atoms. The highest BCUT2D eigenvalue weighted by atomic mass is 16.8. The van der Waals surface area contributed by atoms with Crippen molar-refractivity contribution in [1.29, 1.82) is 0 Å². The molecule has 8 rings (SSSR count). The van der Waals surface area contributed by atoms with E-state index < -0.39 is 58.6 Å². The maximum Gasteiger partial charge on any atom is 0.238 e. The average molecular weight is 567 g/mol. The summed E-state index contributed by atoms with van der Waals surface area (Å²) in [4.78, 5) is 58.7. The molecule has 3 aromatic rings. The van der Waals surface area contributed by atoms with Gasteiger partial charge in [-0.2, -0.15) is 0 Å². The van der Waals surface area contributed by atoms with E-state index in [1.54, 1.807) is 42.5 Å². The first-order chi connectivity index (χ1) is 20.2. The fraction of sp³-hybridized carbons (Fsp3) is 0.200. The van der Waals surface area contributed by atoms with Gasteiger partial charge in [-0.05, 0) is 54.1 Å². The number of imide groups is 2. The number of hydrogen-bond donors (Lipinski definition) is 2. The third kappa shape index (κ3) is 3.31. The van der Waals surface area contributed by atoms with Crippen LogP contribution in [0.3, 0.4) is 0 Å². The van der Waals surface area contributed by atoms with Crippen molar-refractivity contribution in [3.8, 4) is 0 Å². The van der Waals surface area contributed by atoms with Gasteiger partial charge in [-0.15, -0.1) is 0 Å². The molecule has 0 aromatic heterocycles. The van der Waals surface area contributed by atoms with Crippen LogP contribution in [0.15, 0.2) is 91.0 Å². The number of amides is 4. The molecular formula is C30H22N4O8-2. The Bertz CT molecular complexity index is 1560. The topological polar surface area (TPSA) is 168 Å². The molecule has 0 spiro atoms. The summed E-state index contributed by atoms with van der Waals surface area (Å²) < 4.78 is 0. The predicted octanol–water partition coefficient (Wildman–Crippen LogP) is 3.12. The molecule has 2 heterocycles. The van der Waals surface area contributed by atoms with Gasteiger partial charge in [0.25, 0.3) is 0 Å². The molecule has 1 saturated carbocycles. The summed E-state index contributed by atoms with van der Waals surface area (Å²) in [5, 5.41) is 40.3. The molecular weight excluding hydrogens is 544 g/mol. The zero-order valence-electron chi connectivity index (χ0n) is 21.7. The molecule has 2 unspecified atom stereocenters. The third-order valence-electron chi connectivity index (χ3n) is 9.09. The molecule has 5 aliphatic rings. The largest absolute Gasteiger partial charge is 0.733 e. The van der Waals surface area contributed by atoms with Crippen LogP contribution in [-0.2, 0) is 24.6 Å². The van der Waals surface area contributed by atoms with Crippen molar-refractivity contribution in [3.63, 3.8) is 0 Å². The van der Waals surface area contributed by atoms with Crippen molar-refractivity contribution in [2.45, 2.75) is 5.41 Å². The predicted molar refractivity (Wildman–Crippen MR) is 148 cm³/mol. The summed E-state index contributed by atoms with van der Waals surface area (Å²) in [6.07, 6.45) is 3.57. The quantitative estimate of drug-likeness (QED) is 0.266. The minimum absolute atomic E-state index is 0.0847. The maximum atomic E-state index is 14.2. The Kier molecular flexibility index (Phi) is 5.62. The lowest BCUT2D eigenvalue weighted by molar-refractivity contribution is -0.140. The van der Waals surface area contributed by atoms with E-state index in [9.17, 15) is 40.0 Å². The molecule has 12 heteroatoms. The number of rotatable bonds is 5. The molecule has 12 nitrogen and oxygen atoms in total. The van der Waals surface area contributed by atoms with Crippen molar-refractivity contribution in [2.24, 2.45) is 29.6 Å². The molecule has 4 amide bonds. The molecule has 2 N–H and O–H groups in total. The van der Waals surface area contributed by atoms with Crippen LogP contribution in [0.4, 0.5) is 22.7 Å². The van der Waals surface area contributed by atoms with E-state index in [2.05, 4.69) is 0 Å². The second kappa shape index (κ2) is 9.06. The van der Waals surface area contributed by atoms with Gasteiger partial charge >= 0.3 is 0 Å². The molecule has 3 aromatic carbocycles. The van der Waals surface area contributed by atoms with E-state index in [0.29, 0.717) is 5.56 Å². The standard InChI is InChI=1S/C30H22N4O8/c35-26-22-21-14-15-30(16-4-2-1-3-5-16,24(22)28(37)31(26)17-6-10-19(11-7-17)33(39)40)25-23(21)27(36)32(29(25)38)18-8-12-20(13-9-18)34(41)42/h1-15,21-25,39,41H/q-2/t21?,22-,23+,24-,25-,30?/m1/s1. The van der Waals surface area contributed by atoms with E-state index in [4.69, 9.17) is 0 Å². The van der Waals surface area contributed by atoms with E-state index in [-0.39, 0.29) is 33.2 Å². The van der Waals surface area contributed by atoms with E-state index in [1.165, 1.54) is 48.5 Å². The molecule has 0 radical (unpaired) electrons. The van der Waals surface area contributed by atoms with Crippen LogP contribution in [-0.4, -0.2) is 34.0 Å². The highest BCUT2D eigenvalue weighted by Crippen LogP contribution is 2.65. The minimum atomic E-state index is -1.32. The van der Waals surface area contributed by atoms with E-state index in [0.717, 1.165) is 9.80 Å². The summed E-state index contributed by atoms with van der Waals surface area (Å²) in [6, 6.07) is 19.5. The van der Waals surface area contributed by atoms with Gasteiger partial charge in [-0.25, -0.2) is 9.80 Å². The van der Waals surface area contributed by atoms with Gasteiger partial charge < -0.3 is 20.9 Å². The van der Waals surface area contributed by atoms with E-state index in [1.807, 2.05) is 0 Å². The SMILES string of the molecule is O=C1[C@@H]2C3C=CC(c4ccccc4)([C@H]2C(=O)N1c1ccc(N([O-])O)cc1)[C@H]1C(=O)N(c2ccc(N([O-])O)cc2)C(=O)[C@@H]31. The summed E-state index contributed by atoms with van der Waals surface area (Å²) in [6.45, 7) is 0. The first-order valence-electron chi connectivity index (χ1n) is 13.2. The monoisotopic (exact) mass is 566 g/mol. The van der Waals surface area contributed by atoms with Gasteiger partial charge in [-0.3, -0.25) is 29.6 Å². The summed E-state index contributed by atoms with van der Waals surface area (Å²) in [5.41, 5.74) is -0.466. The van der Waals surface area contributed by atoms with Crippen LogP contribution < -0.4 is 20.3 Å². The molecule has 42 heavy (non-hydrogen) atoms. The average Bonchev–Trinajstić information content (AvgIpc) is 3.44. The molecule has 6 atom stereocenters. The number of nitrogens with zero attached hydrogens (tertiary/aromatic N) is 4. The van der Waals surface area contributed by atoms with Crippen LogP contribution in [0, 0.1) is 40.0 Å². The molecule has 3 fully saturated rings. The molecule has 2 aliphatic heterocycles. The molecule has 212 valence electrons. The minimum Gasteiger partial charge on any atom is -0.733 e. The summed E-state index contributed by atoms with van der Waals surface area (Å²) >= 11 is 0. The third-order valence-corrected chi connectivity index (χ3v) is 9.09. The number of carbonyl (C=O) groups excluding carboxylic acids is 4. The Morgan fingerprint density at radius 1 is 0.619 bits per heavy atom. The maximum absolute atomic E-state index is 14.2. The normalized spacial score (nSPS) is 29.3. The number of anilines is 4. The Morgan fingerprint density at radius 3 is 1.45 bits per heavy atom. The van der Waals surface area contributed by atoms with Crippen LogP contribution >= 0.6 is 0 Å². The first-order valence-corrected chi connectivity index (χ1v) is 13.2. The van der Waals surface area contributed by atoms with Crippen molar-refractivity contribution in [2.75, 3.05) is 20.3 Å². The second-order valence-electron chi connectivity index (χ2n) is 10.8. The lowest BCUT2D eigenvalue weighted by Gasteiger charge is -2.53. The summed E-state index contributed by atoms with van der Waals surface area (Å²) in [5.74, 6) is -6.67. The first kappa shape index (κ1) is 26.0.